The predicted molar refractivity (Wildman–Crippen MR) is 98.7 cm³/mol. The molecule has 1 aromatic carbocycles. The first-order valence-electron chi connectivity index (χ1n) is 8.69. The van der Waals surface area contributed by atoms with E-state index in [-0.39, 0.29) is 24.1 Å². The van der Waals surface area contributed by atoms with Gasteiger partial charge in [-0.3, -0.25) is 19.8 Å². The Morgan fingerprint density at radius 1 is 1.31 bits per heavy atom. The fourth-order valence-corrected chi connectivity index (χ4v) is 2.78. The summed E-state index contributed by atoms with van der Waals surface area (Å²) in [5.74, 6) is -0.123. The molecule has 0 spiro atoms. The number of rotatable bonds is 6. The number of nitro benzene ring substituents is 1. The van der Waals surface area contributed by atoms with E-state index in [2.05, 4.69) is 21.2 Å². The van der Waals surface area contributed by atoms with Gasteiger partial charge in [-0.05, 0) is 25.0 Å². The highest BCUT2D eigenvalue weighted by atomic mass is 16.6. The van der Waals surface area contributed by atoms with Crippen molar-refractivity contribution in [1.29, 1.82) is 5.26 Å². The summed E-state index contributed by atoms with van der Waals surface area (Å²) in [6, 6.07) is 8.69. The lowest BCUT2D eigenvalue weighted by atomic mass is 9.90. The topological polar surface area (TPSA) is 103 Å². The molecule has 0 saturated carbocycles. The summed E-state index contributed by atoms with van der Waals surface area (Å²) in [6.07, 6.45) is 0. The number of non-ortho nitro benzene ring substituents is 1. The maximum Gasteiger partial charge on any atom is 0.269 e. The molecule has 1 aliphatic heterocycles. The Hall–Kier alpha value is -2.66. The van der Waals surface area contributed by atoms with Crippen LogP contribution in [0.1, 0.15) is 20.8 Å². The highest BCUT2D eigenvalue weighted by Crippen LogP contribution is 2.20. The first-order valence-corrected chi connectivity index (χ1v) is 8.69. The quantitative estimate of drug-likeness (QED) is 0.613. The number of amides is 1. The van der Waals surface area contributed by atoms with Gasteiger partial charge in [-0.1, -0.05) is 13.8 Å². The summed E-state index contributed by atoms with van der Waals surface area (Å²) in [4.78, 5) is 26.8. The van der Waals surface area contributed by atoms with Gasteiger partial charge in [0.25, 0.3) is 5.69 Å². The Morgan fingerprint density at radius 3 is 2.35 bits per heavy atom. The van der Waals surface area contributed by atoms with Crippen LogP contribution in [0.2, 0.25) is 0 Å². The van der Waals surface area contributed by atoms with Crippen LogP contribution in [-0.4, -0.2) is 54.0 Å². The number of hydrogen-bond acceptors (Lipinski definition) is 6. The Bertz CT molecular complexity index is 690. The van der Waals surface area contributed by atoms with Crippen molar-refractivity contribution in [2.75, 3.05) is 37.6 Å². The van der Waals surface area contributed by atoms with Crippen LogP contribution in [0.15, 0.2) is 24.3 Å². The van der Waals surface area contributed by atoms with Gasteiger partial charge in [0.15, 0.2) is 0 Å². The lowest BCUT2D eigenvalue weighted by Gasteiger charge is -2.36. The number of anilines is 1. The number of carbonyl (C=O) groups excluding carboxylic acids is 1. The summed E-state index contributed by atoms with van der Waals surface area (Å²) in [5.41, 5.74) is 0.156. The number of benzene rings is 1. The standard InChI is InChI=1S/C18H25N5O3/c1-14(2)18(3,13-19)20-17(24)12-21-8-10-22(11-9-21)15-4-6-16(7-5-15)23(25)26/h4-7,14H,8-12H2,1-3H3,(H,20,24)/t18-/m0/s1. The molecular formula is C18H25N5O3. The maximum atomic E-state index is 12.3. The molecule has 140 valence electrons. The minimum absolute atomic E-state index is 0.0236. The van der Waals surface area contributed by atoms with E-state index in [9.17, 15) is 20.2 Å². The zero-order chi connectivity index (χ0) is 19.3. The van der Waals surface area contributed by atoms with Gasteiger partial charge in [-0.2, -0.15) is 5.26 Å². The van der Waals surface area contributed by atoms with Crippen LogP contribution in [0.3, 0.4) is 0 Å². The van der Waals surface area contributed by atoms with E-state index in [0.717, 1.165) is 31.9 Å². The number of piperazine rings is 1. The fourth-order valence-electron chi connectivity index (χ4n) is 2.78. The second-order valence-corrected chi connectivity index (χ2v) is 7.05. The van der Waals surface area contributed by atoms with Crippen LogP contribution in [0.25, 0.3) is 0 Å². The number of nitrogens with zero attached hydrogens (tertiary/aromatic N) is 4. The Morgan fingerprint density at radius 2 is 1.88 bits per heavy atom. The van der Waals surface area contributed by atoms with E-state index in [4.69, 9.17) is 0 Å². The van der Waals surface area contributed by atoms with E-state index in [0.29, 0.717) is 0 Å². The summed E-state index contributed by atoms with van der Waals surface area (Å²) >= 11 is 0. The third-order valence-electron chi connectivity index (χ3n) is 4.95. The third-order valence-corrected chi connectivity index (χ3v) is 4.95. The SMILES string of the molecule is CC(C)[C@](C)(C#N)NC(=O)CN1CCN(c2ccc([N+](=O)[O-])cc2)CC1. The van der Waals surface area contributed by atoms with Crippen LogP contribution in [-0.2, 0) is 4.79 Å². The van der Waals surface area contributed by atoms with Crippen molar-refractivity contribution in [3.63, 3.8) is 0 Å². The molecule has 1 aromatic rings. The fraction of sp³-hybridized carbons (Fsp3) is 0.556. The van der Waals surface area contributed by atoms with Crippen molar-refractivity contribution in [2.24, 2.45) is 5.92 Å². The molecule has 1 saturated heterocycles. The Labute approximate surface area is 153 Å². The first kappa shape index (κ1) is 19.7. The van der Waals surface area contributed by atoms with Crippen molar-refractivity contribution < 1.29 is 9.72 Å². The van der Waals surface area contributed by atoms with E-state index < -0.39 is 10.5 Å². The van der Waals surface area contributed by atoms with E-state index >= 15 is 0 Å². The molecule has 1 aliphatic rings. The number of nitriles is 1. The number of nitrogens with one attached hydrogen (secondary N) is 1. The summed E-state index contributed by atoms with van der Waals surface area (Å²) in [6.45, 7) is 8.74. The number of nitro groups is 1. The van der Waals surface area contributed by atoms with Crippen LogP contribution in [0.4, 0.5) is 11.4 Å². The molecule has 0 aromatic heterocycles. The molecule has 2 rings (SSSR count). The van der Waals surface area contributed by atoms with Crippen molar-refractivity contribution in [3.8, 4) is 6.07 Å². The summed E-state index contributed by atoms with van der Waals surface area (Å²) in [5, 5.41) is 22.9. The number of carbonyl (C=O) groups is 1. The average molecular weight is 359 g/mol. The minimum atomic E-state index is -0.863. The first-order chi connectivity index (χ1) is 12.2. The Balaban J connectivity index is 1.85. The zero-order valence-electron chi connectivity index (χ0n) is 15.4. The van der Waals surface area contributed by atoms with Gasteiger partial charge in [0.2, 0.25) is 5.91 Å². The lowest BCUT2D eigenvalue weighted by Crippen LogP contribution is -2.54. The van der Waals surface area contributed by atoms with E-state index in [1.54, 1.807) is 19.1 Å². The third kappa shape index (κ3) is 4.70. The van der Waals surface area contributed by atoms with E-state index in [1.165, 1.54) is 12.1 Å². The highest BCUT2D eigenvalue weighted by Gasteiger charge is 2.30. The highest BCUT2D eigenvalue weighted by molar-refractivity contribution is 5.79. The molecule has 26 heavy (non-hydrogen) atoms. The molecule has 0 radical (unpaired) electrons. The molecule has 1 N–H and O–H groups in total. The summed E-state index contributed by atoms with van der Waals surface area (Å²) in [7, 11) is 0. The van der Waals surface area contributed by atoms with Crippen molar-refractivity contribution in [1.82, 2.24) is 10.2 Å². The molecular weight excluding hydrogens is 334 g/mol. The molecule has 0 unspecified atom stereocenters. The van der Waals surface area contributed by atoms with Gasteiger partial charge in [-0.15, -0.1) is 0 Å². The van der Waals surface area contributed by atoms with E-state index in [1.807, 2.05) is 13.8 Å². The van der Waals surface area contributed by atoms with Gasteiger partial charge >= 0.3 is 0 Å². The minimum Gasteiger partial charge on any atom is -0.369 e. The molecule has 1 atom stereocenters. The molecule has 1 fully saturated rings. The molecule has 0 bridgehead atoms. The van der Waals surface area contributed by atoms with Crippen molar-refractivity contribution in [3.05, 3.63) is 34.4 Å². The maximum absolute atomic E-state index is 12.3. The predicted octanol–water partition coefficient (Wildman–Crippen LogP) is 1.77. The van der Waals surface area contributed by atoms with Gasteiger partial charge in [0.1, 0.15) is 5.54 Å². The molecule has 1 heterocycles. The lowest BCUT2D eigenvalue weighted by molar-refractivity contribution is -0.384. The average Bonchev–Trinajstić information content (AvgIpc) is 2.62. The molecule has 0 aliphatic carbocycles. The number of hydrogen-bond donors (Lipinski definition) is 1. The van der Waals surface area contributed by atoms with Crippen molar-refractivity contribution >= 4 is 17.3 Å². The second-order valence-electron chi connectivity index (χ2n) is 7.05. The largest absolute Gasteiger partial charge is 0.369 e. The molecule has 1 amide bonds. The Kier molecular flexibility index (Phi) is 6.16. The summed E-state index contributed by atoms with van der Waals surface area (Å²) < 4.78 is 0. The van der Waals surface area contributed by atoms with Crippen LogP contribution in [0, 0.1) is 27.4 Å². The van der Waals surface area contributed by atoms with Gasteiger partial charge in [0, 0.05) is 44.0 Å². The molecule has 8 heteroatoms. The zero-order valence-corrected chi connectivity index (χ0v) is 15.4. The van der Waals surface area contributed by atoms with Crippen LogP contribution < -0.4 is 10.2 Å². The van der Waals surface area contributed by atoms with Crippen molar-refractivity contribution in [2.45, 2.75) is 26.3 Å². The van der Waals surface area contributed by atoms with Gasteiger partial charge in [-0.25, -0.2) is 0 Å². The van der Waals surface area contributed by atoms with Crippen LogP contribution in [0.5, 0.6) is 0 Å². The normalized spacial score (nSPS) is 17.4. The monoisotopic (exact) mass is 359 g/mol. The van der Waals surface area contributed by atoms with Crippen LogP contribution >= 0.6 is 0 Å². The van der Waals surface area contributed by atoms with Gasteiger partial charge < -0.3 is 10.2 Å². The molecule has 8 nitrogen and oxygen atoms in total. The smallest absolute Gasteiger partial charge is 0.269 e. The second kappa shape index (κ2) is 8.15. The van der Waals surface area contributed by atoms with Gasteiger partial charge in [0.05, 0.1) is 17.5 Å².